The Bertz CT molecular complexity index is 402. The van der Waals surface area contributed by atoms with Gasteiger partial charge in [-0.15, -0.1) is 0 Å². The maximum atomic E-state index is 13.1. The van der Waals surface area contributed by atoms with Crippen molar-refractivity contribution in [3.05, 3.63) is 17.5 Å². The van der Waals surface area contributed by atoms with Crippen LogP contribution in [0.3, 0.4) is 0 Å². The van der Waals surface area contributed by atoms with E-state index in [4.69, 9.17) is 0 Å². The first-order valence-electron chi connectivity index (χ1n) is 5.89. The lowest BCUT2D eigenvalue weighted by atomic mass is 10.1. The number of hydrogen-bond acceptors (Lipinski definition) is 2. The Kier molecular flexibility index (Phi) is 4.10. The topological polar surface area (TPSA) is 29.9 Å². The fourth-order valence-electron chi connectivity index (χ4n) is 1.77. The molecule has 0 aromatic carbocycles. The van der Waals surface area contributed by atoms with E-state index >= 15 is 0 Å². The molecule has 1 heterocycles. The Hall–Kier alpha value is -1.04. The molecule has 6 heteroatoms. The molecule has 0 bridgehead atoms. The summed E-state index contributed by atoms with van der Waals surface area (Å²) in [5, 5.41) is 6.85. The predicted molar refractivity (Wildman–Crippen MR) is 64.5 cm³/mol. The number of aromatic nitrogens is 2. The van der Waals surface area contributed by atoms with Crippen LogP contribution in [0.2, 0.25) is 0 Å². The van der Waals surface area contributed by atoms with Crippen LogP contribution in [0.1, 0.15) is 39.0 Å². The molecular weight excluding hydrogens is 243 g/mol. The minimum atomic E-state index is -4.38. The van der Waals surface area contributed by atoms with Crippen LogP contribution in [-0.4, -0.2) is 22.9 Å². The lowest BCUT2D eigenvalue weighted by molar-refractivity contribution is -0.146. The second kappa shape index (κ2) is 4.91. The number of hydrogen-bond donors (Lipinski definition) is 1. The Morgan fingerprint density at radius 3 is 2.28 bits per heavy atom. The first kappa shape index (κ1) is 15.0. The number of alkyl halides is 3. The highest BCUT2D eigenvalue weighted by atomic mass is 19.4. The van der Waals surface area contributed by atoms with E-state index in [2.05, 4.69) is 10.4 Å². The third-order valence-electron chi connectivity index (χ3n) is 2.77. The first-order chi connectivity index (χ1) is 8.07. The monoisotopic (exact) mass is 263 g/mol. The van der Waals surface area contributed by atoms with Crippen LogP contribution in [0.15, 0.2) is 6.20 Å². The Balaban J connectivity index is 3.25. The lowest BCUT2D eigenvalue weighted by Gasteiger charge is -2.24. The van der Waals surface area contributed by atoms with Gasteiger partial charge in [0.05, 0.1) is 11.7 Å². The van der Waals surface area contributed by atoms with Gasteiger partial charge in [0.25, 0.3) is 0 Å². The van der Waals surface area contributed by atoms with Crippen molar-refractivity contribution in [2.24, 2.45) is 0 Å². The predicted octanol–water partition coefficient (Wildman–Crippen LogP) is 2.81. The number of likely N-dealkylation sites (N-methyl/N-ethyl adjacent to an activating group) is 1. The maximum Gasteiger partial charge on any atom is 0.433 e. The molecule has 1 N–H and O–H groups in total. The van der Waals surface area contributed by atoms with Crippen molar-refractivity contribution in [2.45, 2.75) is 51.9 Å². The number of nitrogens with one attached hydrogen (secondary N) is 1. The molecule has 0 aliphatic heterocycles. The quantitative estimate of drug-likeness (QED) is 0.908. The van der Waals surface area contributed by atoms with Crippen molar-refractivity contribution in [1.82, 2.24) is 15.1 Å². The molecular formula is C12H20F3N3. The number of nitrogens with zero attached hydrogens (tertiary/aromatic N) is 2. The van der Waals surface area contributed by atoms with Crippen molar-refractivity contribution in [1.29, 1.82) is 0 Å². The first-order valence-corrected chi connectivity index (χ1v) is 5.89. The zero-order valence-corrected chi connectivity index (χ0v) is 11.4. The average molecular weight is 263 g/mol. The highest BCUT2D eigenvalue weighted by Gasteiger charge is 2.40. The smallest absolute Gasteiger partial charge is 0.317 e. The normalized spacial score (nSPS) is 14.9. The molecule has 0 aliphatic rings. The van der Waals surface area contributed by atoms with E-state index in [1.807, 2.05) is 6.92 Å². The van der Waals surface area contributed by atoms with Gasteiger partial charge in [0.2, 0.25) is 0 Å². The van der Waals surface area contributed by atoms with Crippen LogP contribution >= 0.6 is 0 Å². The Labute approximate surface area is 105 Å². The van der Waals surface area contributed by atoms with Gasteiger partial charge in [0.1, 0.15) is 5.69 Å². The summed E-state index contributed by atoms with van der Waals surface area (Å²) >= 11 is 0. The molecule has 0 aliphatic carbocycles. The Morgan fingerprint density at radius 2 is 1.89 bits per heavy atom. The van der Waals surface area contributed by atoms with Crippen molar-refractivity contribution in [3.8, 4) is 0 Å². The molecule has 0 radical (unpaired) electrons. The van der Waals surface area contributed by atoms with Gasteiger partial charge in [0.15, 0.2) is 0 Å². The van der Waals surface area contributed by atoms with Crippen LogP contribution in [0.25, 0.3) is 0 Å². The zero-order chi connectivity index (χ0) is 14.1. The summed E-state index contributed by atoms with van der Waals surface area (Å²) in [5.41, 5.74) is -1.09. The lowest BCUT2D eigenvalue weighted by Crippen LogP contribution is -2.30. The fourth-order valence-corrected chi connectivity index (χ4v) is 1.77. The summed E-state index contributed by atoms with van der Waals surface area (Å²) in [6, 6.07) is -0.0243. The molecule has 0 fully saturated rings. The molecule has 0 saturated carbocycles. The van der Waals surface area contributed by atoms with Crippen LogP contribution in [0, 0.1) is 0 Å². The minimum Gasteiger partial charge on any atom is -0.317 e. The van der Waals surface area contributed by atoms with Crippen LogP contribution in [0.5, 0.6) is 0 Å². The summed E-state index contributed by atoms with van der Waals surface area (Å²) < 4.78 is 40.5. The molecule has 1 aromatic heterocycles. The van der Waals surface area contributed by atoms with E-state index in [9.17, 15) is 13.2 Å². The maximum absolute atomic E-state index is 13.1. The third-order valence-corrected chi connectivity index (χ3v) is 2.77. The second-order valence-electron chi connectivity index (χ2n) is 5.49. The van der Waals surface area contributed by atoms with Gasteiger partial charge in [-0.2, -0.15) is 18.3 Å². The Morgan fingerprint density at radius 1 is 1.33 bits per heavy atom. The van der Waals surface area contributed by atoms with E-state index in [0.717, 1.165) is 4.68 Å². The van der Waals surface area contributed by atoms with Crippen LogP contribution in [0.4, 0.5) is 13.2 Å². The van der Waals surface area contributed by atoms with Crippen molar-refractivity contribution in [3.63, 3.8) is 0 Å². The van der Waals surface area contributed by atoms with Gasteiger partial charge >= 0.3 is 6.18 Å². The van der Waals surface area contributed by atoms with Crippen molar-refractivity contribution < 1.29 is 13.2 Å². The van der Waals surface area contributed by atoms with Crippen LogP contribution in [-0.2, 0) is 18.1 Å². The largest absolute Gasteiger partial charge is 0.433 e. The van der Waals surface area contributed by atoms with Crippen molar-refractivity contribution in [2.75, 3.05) is 7.05 Å². The van der Waals surface area contributed by atoms with Gasteiger partial charge < -0.3 is 5.32 Å². The number of halogens is 3. The fraction of sp³-hybridized carbons (Fsp3) is 0.750. The summed E-state index contributed by atoms with van der Waals surface area (Å²) in [6.07, 6.45) is -2.75. The molecule has 3 nitrogen and oxygen atoms in total. The van der Waals surface area contributed by atoms with Crippen molar-refractivity contribution >= 4 is 0 Å². The second-order valence-corrected chi connectivity index (χ2v) is 5.49. The molecule has 1 rings (SSSR count). The van der Waals surface area contributed by atoms with Gasteiger partial charge in [-0.1, -0.05) is 0 Å². The van der Waals surface area contributed by atoms with E-state index in [1.165, 1.54) is 6.20 Å². The number of rotatable bonds is 3. The highest BCUT2D eigenvalue weighted by Crippen LogP contribution is 2.35. The molecule has 1 atom stereocenters. The average Bonchev–Trinajstić information content (AvgIpc) is 2.60. The molecule has 0 spiro atoms. The van der Waals surface area contributed by atoms with Gasteiger partial charge in [0, 0.05) is 11.6 Å². The summed E-state index contributed by atoms with van der Waals surface area (Å²) in [4.78, 5) is 0. The van der Waals surface area contributed by atoms with E-state index in [1.54, 1.807) is 27.8 Å². The van der Waals surface area contributed by atoms with Gasteiger partial charge in [-0.3, -0.25) is 4.68 Å². The highest BCUT2D eigenvalue weighted by molar-refractivity contribution is 5.23. The van der Waals surface area contributed by atoms with Gasteiger partial charge in [-0.05, 0) is 41.2 Å². The van der Waals surface area contributed by atoms with Crippen LogP contribution < -0.4 is 5.32 Å². The summed E-state index contributed by atoms with van der Waals surface area (Å²) in [7, 11) is 1.73. The van der Waals surface area contributed by atoms with Gasteiger partial charge in [-0.25, -0.2) is 0 Å². The third kappa shape index (κ3) is 3.25. The van der Waals surface area contributed by atoms with E-state index < -0.39 is 17.4 Å². The molecule has 18 heavy (non-hydrogen) atoms. The molecule has 1 unspecified atom stereocenters. The molecule has 1 aromatic rings. The zero-order valence-electron chi connectivity index (χ0n) is 11.4. The molecule has 0 saturated heterocycles. The SMILES string of the molecule is CNC(C)Cc1cnn(C(C)(C)C)c1C(F)(F)F. The summed E-state index contributed by atoms with van der Waals surface area (Å²) in [5.74, 6) is 0. The minimum absolute atomic E-state index is 0.0243. The standard InChI is InChI=1S/C12H20F3N3/c1-8(16-5)6-9-7-17-18(11(2,3)4)10(9)12(13,14)15/h7-8,16H,6H2,1-5H3. The van der Waals surface area contributed by atoms with E-state index in [0.29, 0.717) is 6.42 Å². The summed E-state index contributed by atoms with van der Waals surface area (Å²) in [6.45, 7) is 6.97. The molecule has 0 amide bonds. The van der Waals surface area contributed by atoms with E-state index in [-0.39, 0.29) is 11.6 Å². The molecule has 104 valence electrons.